The third-order valence-electron chi connectivity index (χ3n) is 0.489. The zero-order valence-electron chi connectivity index (χ0n) is 5.07. The molecule has 0 N–H and O–H groups in total. The predicted octanol–water partition coefficient (Wildman–Crippen LogP) is 2.36. The van der Waals surface area contributed by atoms with Crippen molar-refractivity contribution in [3.63, 3.8) is 0 Å². The zero-order valence-corrected chi connectivity index (χ0v) is 7.54. The third-order valence-corrected chi connectivity index (χ3v) is 2.74. The van der Waals surface area contributed by atoms with Gasteiger partial charge in [-0.15, -0.1) is 0 Å². The average Bonchev–Trinajstić information content (AvgIpc) is 1.98. The van der Waals surface area contributed by atoms with Crippen LogP contribution in [0, 0.1) is 0 Å². The van der Waals surface area contributed by atoms with E-state index in [4.69, 9.17) is 11.6 Å². The Labute approximate surface area is 67.9 Å². The van der Waals surface area contributed by atoms with Gasteiger partial charge in [0.15, 0.2) is 0 Å². The smallest absolute Gasteiger partial charge is 0.430 e. The molecular weight excluding hydrogens is 199 g/mol. The fraction of sp³-hybridized carbons (Fsp3) is 0.667. The van der Waals surface area contributed by atoms with Crippen LogP contribution in [0.5, 0.6) is 0 Å². The highest BCUT2D eigenvalue weighted by atomic mass is 35.5. The van der Waals surface area contributed by atoms with Gasteiger partial charge in [-0.25, -0.2) is 0 Å². The molecule has 4 nitrogen and oxygen atoms in total. The molecule has 0 rings (SSSR count). The molecule has 0 aromatic carbocycles. The summed E-state index contributed by atoms with van der Waals surface area (Å²) in [6, 6.07) is -0.108. The van der Waals surface area contributed by atoms with E-state index in [-0.39, 0.29) is 6.07 Å². The summed E-state index contributed by atoms with van der Waals surface area (Å²) in [5.41, 5.74) is -0.801. The minimum atomic E-state index is -2.15. The molecule has 0 saturated heterocycles. The van der Waals surface area contributed by atoms with E-state index >= 15 is 0 Å². The van der Waals surface area contributed by atoms with Crippen molar-refractivity contribution < 1.29 is 18.3 Å². The minimum Gasteiger partial charge on any atom is -0.430 e. The second kappa shape index (κ2) is 5.92. The number of hydrogen-bond donors (Lipinski definition) is 0. The second-order valence-electron chi connectivity index (χ2n) is 1.03. The van der Waals surface area contributed by atoms with Crippen molar-refractivity contribution in [3.8, 4) is 0 Å². The molecule has 10 heavy (non-hydrogen) atoms. The van der Waals surface area contributed by atoms with E-state index in [0.29, 0.717) is 11.7 Å². The normalized spacial score (nSPS) is 10.8. The van der Waals surface area contributed by atoms with Crippen molar-refractivity contribution in [3.05, 3.63) is 0 Å². The largest absolute Gasteiger partial charge is 0.571 e. The predicted molar refractivity (Wildman–Crippen MR) is 39.4 cm³/mol. The number of alkyl halides is 1. The van der Waals surface area contributed by atoms with Crippen LogP contribution in [0.1, 0.15) is 0 Å². The lowest BCUT2D eigenvalue weighted by atomic mass is 11.5. The van der Waals surface area contributed by atoms with E-state index in [9.17, 15) is 9.36 Å². The van der Waals surface area contributed by atoms with Crippen molar-refractivity contribution in [2.45, 2.75) is 0 Å². The summed E-state index contributed by atoms with van der Waals surface area (Å²) in [6.07, 6.45) is 0. The molecule has 1 atom stereocenters. The Balaban J connectivity index is 3.52. The van der Waals surface area contributed by atoms with Gasteiger partial charge in [-0.3, -0.25) is 4.18 Å². The number of ether oxygens (including phenoxy) is 1. The minimum absolute atomic E-state index is 0.108. The molecule has 1 unspecified atom stereocenters. The van der Waals surface area contributed by atoms with Crippen LogP contribution in [0.3, 0.4) is 0 Å². The van der Waals surface area contributed by atoms with Crippen LogP contribution in [0.4, 0.5) is 4.79 Å². The van der Waals surface area contributed by atoms with Gasteiger partial charge in [0.05, 0.1) is 7.11 Å². The third kappa shape index (κ3) is 4.06. The molecule has 0 spiro atoms. The van der Waals surface area contributed by atoms with Crippen molar-refractivity contribution in [2.24, 2.45) is 0 Å². The summed E-state index contributed by atoms with van der Waals surface area (Å²) in [5.74, 6) is 0. The summed E-state index contributed by atoms with van der Waals surface area (Å²) < 4.78 is 19.1. The molecule has 0 bridgehead atoms. The monoisotopic (exact) mass is 203 g/mol. The summed E-state index contributed by atoms with van der Waals surface area (Å²) in [4.78, 5) is 10.4. The number of methoxy groups -OCH3 is 1. The first-order chi connectivity index (χ1) is 4.72. The maximum atomic E-state index is 10.6. The van der Waals surface area contributed by atoms with Gasteiger partial charge in [-0.05, 0) is 4.57 Å². The highest BCUT2D eigenvalue weighted by Crippen LogP contribution is 2.39. The number of carbonyl (C=O) groups is 1. The Hall–Kier alpha value is 0.170. The van der Waals surface area contributed by atoms with Gasteiger partial charge < -0.3 is 4.74 Å². The number of carbonyl (C=O) groups excluding carboxylic acids is 1. The molecule has 7 heteroatoms. The van der Waals surface area contributed by atoms with Gasteiger partial charge in [-0.2, -0.15) is 4.79 Å². The van der Waals surface area contributed by atoms with Crippen LogP contribution in [0.15, 0.2) is 0 Å². The van der Waals surface area contributed by atoms with Crippen molar-refractivity contribution >= 4 is 36.0 Å². The molecule has 0 aliphatic carbocycles. The van der Waals surface area contributed by atoms with Crippen LogP contribution in [0.2, 0.25) is 0 Å². The first-order valence-corrected chi connectivity index (χ1v) is 5.27. The van der Waals surface area contributed by atoms with E-state index in [1.165, 1.54) is 0 Å². The van der Waals surface area contributed by atoms with E-state index in [1.807, 2.05) is 0 Å². The second-order valence-corrected chi connectivity index (χ2v) is 3.95. The number of halogens is 1. The van der Waals surface area contributed by atoms with Gasteiger partial charge in [0.2, 0.25) is 0 Å². The van der Waals surface area contributed by atoms with Crippen LogP contribution >= 0.6 is 30.3 Å². The van der Waals surface area contributed by atoms with E-state index in [1.54, 1.807) is 0 Å². The van der Waals surface area contributed by atoms with Gasteiger partial charge in [0.25, 0.3) is 0 Å². The fourth-order valence-corrected chi connectivity index (χ4v) is 1.69. The molecule has 0 aromatic rings. The summed E-state index contributed by atoms with van der Waals surface area (Å²) in [5, 5.41) is 0. The van der Waals surface area contributed by atoms with Crippen LogP contribution in [-0.4, -0.2) is 18.9 Å². The van der Waals surface area contributed by atoms with Crippen LogP contribution in [-0.2, 0) is 13.5 Å². The first-order valence-electron chi connectivity index (χ1n) is 2.13. The zero-order chi connectivity index (χ0) is 7.98. The van der Waals surface area contributed by atoms with Crippen molar-refractivity contribution in [1.82, 2.24) is 0 Å². The molecule has 0 amide bonds. The van der Waals surface area contributed by atoms with Crippen molar-refractivity contribution in [1.29, 1.82) is 0 Å². The molecule has 0 heterocycles. The Bertz CT molecular complexity index is 140. The highest BCUT2D eigenvalue weighted by Gasteiger charge is 2.33. The Kier molecular flexibility index (Phi) is 6.02. The van der Waals surface area contributed by atoms with Crippen molar-refractivity contribution in [2.75, 3.05) is 13.2 Å². The maximum absolute atomic E-state index is 10.6. The van der Waals surface area contributed by atoms with E-state index < -0.39 is 12.7 Å². The topological polar surface area (TPSA) is 52.6 Å². The molecule has 0 aliphatic rings. The average molecular weight is 204 g/mol. The SMILES string of the molecule is COC(=O)[P+](=O)SOCCl. The quantitative estimate of drug-likeness (QED) is 0.399. The summed E-state index contributed by atoms with van der Waals surface area (Å²) in [6.45, 7) is 0. The van der Waals surface area contributed by atoms with Gasteiger partial charge in [0, 0.05) is 0 Å². The fourth-order valence-electron chi connectivity index (χ4n) is 0.173. The number of hydrogen-bond acceptors (Lipinski definition) is 5. The lowest BCUT2D eigenvalue weighted by Gasteiger charge is -1.82. The van der Waals surface area contributed by atoms with Gasteiger partial charge in [-0.1, -0.05) is 11.6 Å². The molecule has 0 aliphatic heterocycles. The van der Waals surface area contributed by atoms with E-state index in [2.05, 4.69) is 8.92 Å². The van der Waals surface area contributed by atoms with E-state index in [0.717, 1.165) is 7.11 Å². The lowest BCUT2D eigenvalue weighted by Crippen LogP contribution is -1.87. The standard InChI is InChI=1S/C3H5ClO4PS/c1-7-3(5)9(6)10-8-2-4/h2H2,1H3/q+1. The Morgan fingerprint density at radius 3 is 2.80 bits per heavy atom. The van der Waals surface area contributed by atoms with Gasteiger partial charge >= 0.3 is 24.4 Å². The Morgan fingerprint density at radius 1 is 1.80 bits per heavy atom. The molecule has 58 valence electrons. The molecule has 0 saturated carbocycles. The highest BCUT2D eigenvalue weighted by molar-refractivity contribution is 8.53. The summed E-state index contributed by atoms with van der Waals surface area (Å²) >= 11 is 5.58. The number of rotatable bonds is 4. The molecule has 0 fully saturated rings. The lowest BCUT2D eigenvalue weighted by molar-refractivity contribution is 0.198. The van der Waals surface area contributed by atoms with Gasteiger partial charge in [0.1, 0.15) is 6.07 Å². The van der Waals surface area contributed by atoms with Crippen LogP contribution < -0.4 is 0 Å². The molecular formula is C3H5ClO4PS+. The van der Waals surface area contributed by atoms with Crippen LogP contribution in [0.25, 0.3) is 0 Å². The summed E-state index contributed by atoms with van der Waals surface area (Å²) in [7, 11) is -0.999. The maximum Gasteiger partial charge on any atom is 0.571 e. The Morgan fingerprint density at radius 2 is 2.40 bits per heavy atom. The molecule has 0 radical (unpaired) electrons. The first kappa shape index (κ1) is 10.2. The molecule has 0 aromatic heterocycles.